The second-order valence-electron chi connectivity index (χ2n) is 6.97. The highest BCUT2D eigenvalue weighted by molar-refractivity contribution is 7.13. The van der Waals surface area contributed by atoms with Gasteiger partial charge in [0.15, 0.2) is 0 Å². The molecule has 2 heterocycles. The first kappa shape index (κ1) is 19.7. The number of alkyl halides is 3. The molecule has 0 unspecified atom stereocenters. The van der Waals surface area contributed by atoms with E-state index >= 15 is 0 Å². The Bertz CT molecular complexity index is 964. The molecule has 1 aromatic heterocycles. The minimum absolute atomic E-state index is 0.293. The van der Waals surface area contributed by atoms with E-state index in [2.05, 4.69) is 14.8 Å². The Balaban J connectivity index is 1.36. The number of rotatable bonds is 4. The number of benzene rings is 2. The van der Waals surface area contributed by atoms with Crippen molar-refractivity contribution in [3.05, 3.63) is 65.2 Å². The third-order valence-electron chi connectivity index (χ3n) is 4.99. The first-order chi connectivity index (χ1) is 13.9. The lowest BCUT2D eigenvalue weighted by Gasteiger charge is -2.36. The molecule has 1 saturated heterocycles. The highest BCUT2D eigenvalue weighted by Gasteiger charge is 2.30. The fraction of sp³-hybridized carbons (Fsp3) is 0.286. The van der Waals surface area contributed by atoms with Crippen LogP contribution in [0.1, 0.15) is 11.3 Å². The first-order valence-corrected chi connectivity index (χ1v) is 10.2. The Labute approximate surface area is 170 Å². The molecule has 8 heteroatoms. The summed E-state index contributed by atoms with van der Waals surface area (Å²) in [7, 11) is 0. The lowest BCUT2D eigenvalue weighted by Crippen LogP contribution is -2.46. The maximum atomic E-state index is 12.7. The molecule has 0 aliphatic carbocycles. The molecule has 0 bridgehead atoms. The molecule has 0 saturated carbocycles. The van der Waals surface area contributed by atoms with Gasteiger partial charge in [0, 0.05) is 43.7 Å². The summed E-state index contributed by atoms with van der Waals surface area (Å²) in [6, 6.07) is 12.5. The van der Waals surface area contributed by atoms with Crippen molar-refractivity contribution in [3.63, 3.8) is 0 Å². The molecule has 152 valence electrons. The maximum Gasteiger partial charge on any atom is 0.416 e. The molecule has 1 N–H and O–H groups in total. The number of aromatic hydroxyl groups is 1. The van der Waals surface area contributed by atoms with E-state index in [1.165, 1.54) is 23.5 Å². The normalized spacial score (nSPS) is 15.6. The zero-order chi connectivity index (χ0) is 20.4. The van der Waals surface area contributed by atoms with Gasteiger partial charge < -0.3 is 10.0 Å². The van der Waals surface area contributed by atoms with E-state index in [1.807, 2.05) is 23.6 Å². The number of nitrogens with zero attached hydrogens (tertiary/aromatic N) is 3. The third kappa shape index (κ3) is 4.54. The second kappa shape index (κ2) is 8.04. The Kier molecular flexibility index (Phi) is 5.47. The van der Waals surface area contributed by atoms with Crippen molar-refractivity contribution in [2.75, 3.05) is 31.1 Å². The van der Waals surface area contributed by atoms with E-state index in [0.29, 0.717) is 17.9 Å². The molecule has 1 aliphatic rings. The number of hydrogen-bond donors (Lipinski definition) is 1. The standard InChI is InChI=1S/C21H20F3N3OS/c22-21(23,24)16-7-5-15(6-8-16)20-25-17(14-29-20)13-26-9-11-27(12-10-26)18-3-1-2-4-19(18)28/h1-8,14,28H,9-13H2. The van der Waals surface area contributed by atoms with E-state index in [4.69, 9.17) is 0 Å². The molecule has 1 fully saturated rings. The fourth-order valence-electron chi connectivity index (χ4n) is 3.42. The summed E-state index contributed by atoms with van der Waals surface area (Å²) in [5.74, 6) is 0.293. The zero-order valence-corrected chi connectivity index (χ0v) is 16.4. The Morgan fingerprint density at radius 2 is 1.66 bits per heavy atom. The smallest absolute Gasteiger partial charge is 0.416 e. The average Bonchev–Trinajstić information content (AvgIpc) is 3.17. The molecule has 3 aromatic rings. The molecule has 4 rings (SSSR count). The molecule has 1 aliphatic heterocycles. The fourth-order valence-corrected chi connectivity index (χ4v) is 4.24. The van der Waals surface area contributed by atoms with Crippen molar-refractivity contribution in [2.24, 2.45) is 0 Å². The molecule has 29 heavy (non-hydrogen) atoms. The molecule has 0 atom stereocenters. The molecular formula is C21H20F3N3OS. The predicted molar refractivity (Wildman–Crippen MR) is 108 cm³/mol. The van der Waals surface area contributed by atoms with E-state index in [0.717, 1.165) is 54.7 Å². The van der Waals surface area contributed by atoms with Crippen LogP contribution in [0.4, 0.5) is 18.9 Å². The maximum absolute atomic E-state index is 12.7. The molecule has 2 aromatic carbocycles. The highest BCUT2D eigenvalue weighted by atomic mass is 32.1. The van der Waals surface area contributed by atoms with E-state index in [-0.39, 0.29) is 0 Å². The largest absolute Gasteiger partial charge is 0.506 e. The van der Waals surface area contributed by atoms with Crippen molar-refractivity contribution in [1.82, 2.24) is 9.88 Å². The first-order valence-electron chi connectivity index (χ1n) is 9.27. The zero-order valence-electron chi connectivity index (χ0n) is 15.6. The topological polar surface area (TPSA) is 39.6 Å². The number of aromatic nitrogens is 1. The number of phenolic OH excluding ortho intramolecular Hbond substituents is 1. The van der Waals surface area contributed by atoms with Crippen molar-refractivity contribution in [2.45, 2.75) is 12.7 Å². The van der Waals surface area contributed by atoms with Gasteiger partial charge in [-0.3, -0.25) is 4.90 Å². The number of phenols is 1. The lowest BCUT2D eigenvalue weighted by atomic mass is 10.1. The highest BCUT2D eigenvalue weighted by Crippen LogP contribution is 2.32. The van der Waals surface area contributed by atoms with Gasteiger partial charge >= 0.3 is 6.18 Å². The number of para-hydroxylation sites is 2. The monoisotopic (exact) mass is 419 g/mol. The van der Waals surface area contributed by atoms with Crippen LogP contribution < -0.4 is 4.90 Å². The van der Waals surface area contributed by atoms with Gasteiger partial charge in [0.1, 0.15) is 10.8 Å². The van der Waals surface area contributed by atoms with Gasteiger partial charge in [-0.25, -0.2) is 4.98 Å². The Morgan fingerprint density at radius 1 is 0.966 bits per heavy atom. The quantitative estimate of drug-likeness (QED) is 0.656. The van der Waals surface area contributed by atoms with Gasteiger partial charge in [0.05, 0.1) is 16.9 Å². The predicted octanol–water partition coefficient (Wildman–Crippen LogP) is 4.86. The van der Waals surface area contributed by atoms with Gasteiger partial charge in [-0.05, 0) is 24.3 Å². The number of anilines is 1. The average molecular weight is 419 g/mol. The molecule has 4 nitrogen and oxygen atoms in total. The molecular weight excluding hydrogens is 399 g/mol. The van der Waals surface area contributed by atoms with Crippen LogP contribution in [0, 0.1) is 0 Å². The number of hydrogen-bond acceptors (Lipinski definition) is 5. The Hall–Kier alpha value is -2.58. The van der Waals surface area contributed by atoms with Crippen LogP contribution in [0.25, 0.3) is 10.6 Å². The number of piperazine rings is 1. The van der Waals surface area contributed by atoms with Gasteiger partial charge in [-0.2, -0.15) is 13.2 Å². The molecule has 0 radical (unpaired) electrons. The minimum Gasteiger partial charge on any atom is -0.506 e. The van der Waals surface area contributed by atoms with Crippen LogP contribution in [0.15, 0.2) is 53.9 Å². The van der Waals surface area contributed by atoms with E-state index in [1.54, 1.807) is 6.07 Å². The molecule has 0 spiro atoms. The van der Waals surface area contributed by atoms with Crippen LogP contribution in [-0.2, 0) is 12.7 Å². The summed E-state index contributed by atoms with van der Waals surface area (Å²) in [6.07, 6.45) is -4.33. The molecule has 0 amide bonds. The summed E-state index contributed by atoms with van der Waals surface area (Å²) in [5.41, 5.74) is 1.81. The number of thiazole rings is 1. The van der Waals surface area contributed by atoms with Gasteiger partial charge in [0.25, 0.3) is 0 Å². The van der Waals surface area contributed by atoms with Crippen molar-refractivity contribution in [3.8, 4) is 16.3 Å². The van der Waals surface area contributed by atoms with Crippen LogP contribution in [0.5, 0.6) is 5.75 Å². The SMILES string of the molecule is Oc1ccccc1N1CCN(Cc2csc(-c3ccc(C(F)(F)F)cc3)n2)CC1. The van der Waals surface area contributed by atoms with E-state index in [9.17, 15) is 18.3 Å². The summed E-state index contributed by atoms with van der Waals surface area (Å²) < 4.78 is 38.1. The van der Waals surface area contributed by atoms with Crippen LogP contribution in [-0.4, -0.2) is 41.2 Å². The Morgan fingerprint density at radius 3 is 2.31 bits per heavy atom. The van der Waals surface area contributed by atoms with Gasteiger partial charge in [0.2, 0.25) is 0 Å². The summed E-state index contributed by atoms with van der Waals surface area (Å²) in [4.78, 5) is 9.06. The van der Waals surface area contributed by atoms with Crippen molar-refractivity contribution in [1.29, 1.82) is 0 Å². The summed E-state index contributed by atoms with van der Waals surface area (Å²) >= 11 is 1.44. The van der Waals surface area contributed by atoms with Crippen LogP contribution in [0.3, 0.4) is 0 Å². The lowest BCUT2D eigenvalue weighted by molar-refractivity contribution is -0.137. The van der Waals surface area contributed by atoms with Crippen LogP contribution in [0.2, 0.25) is 0 Å². The van der Waals surface area contributed by atoms with Gasteiger partial charge in [-0.15, -0.1) is 11.3 Å². The minimum atomic E-state index is -4.33. The van der Waals surface area contributed by atoms with Crippen LogP contribution >= 0.6 is 11.3 Å². The van der Waals surface area contributed by atoms with E-state index < -0.39 is 11.7 Å². The van der Waals surface area contributed by atoms with Crippen molar-refractivity contribution < 1.29 is 18.3 Å². The second-order valence-corrected chi connectivity index (χ2v) is 7.83. The summed E-state index contributed by atoms with van der Waals surface area (Å²) in [6.45, 7) is 4.02. The number of halogens is 3. The summed E-state index contributed by atoms with van der Waals surface area (Å²) in [5, 5.41) is 12.7. The van der Waals surface area contributed by atoms with Gasteiger partial charge in [-0.1, -0.05) is 24.3 Å². The van der Waals surface area contributed by atoms with Crippen molar-refractivity contribution >= 4 is 17.0 Å². The third-order valence-corrected chi connectivity index (χ3v) is 5.93.